The highest BCUT2D eigenvalue weighted by Gasteiger charge is 2.30. The van der Waals surface area contributed by atoms with E-state index in [2.05, 4.69) is 10.1 Å². The van der Waals surface area contributed by atoms with Crippen LogP contribution in [0.4, 0.5) is 13.2 Å². The Kier molecular flexibility index (Phi) is 7.00. The Balaban J connectivity index is 2.71. The average Bonchev–Trinajstić information content (AvgIpc) is 2.50. The third-order valence-corrected chi connectivity index (χ3v) is 3.23. The molecule has 0 aliphatic heterocycles. The van der Waals surface area contributed by atoms with Gasteiger partial charge in [0.15, 0.2) is 0 Å². The van der Waals surface area contributed by atoms with Gasteiger partial charge in [-0.3, -0.25) is 4.79 Å². The molecule has 1 aromatic rings. The van der Waals surface area contributed by atoms with Crippen LogP contribution in [-0.2, 0) is 26.9 Å². The molecule has 1 amide bonds. The molecule has 132 valence electrons. The summed E-state index contributed by atoms with van der Waals surface area (Å²) in [6.45, 7) is 3.72. The number of ether oxygens (including phenoxy) is 1. The molecule has 0 radical (unpaired) electrons. The molecule has 0 saturated heterocycles. The maximum atomic E-state index is 12.5. The van der Waals surface area contributed by atoms with Gasteiger partial charge in [0.05, 0.1) is 19.1 Å². The third kappa shape index (κ3) is 6.44. The average molecular weight is 343 g/mol. The molecule has 0 bridgehead atoms. The minimum Gasteiger partial charge on any atom is -0.467 e. The van der Waals surface area contributed by atoms with E-state index in [0.717, 1.165) is 17.7 Å². The number of halogens is 3. The van der Waals surface area contributed by atoms with Crippen molar-refractivity contribution >= 4 is 11.9 Å². The second kappa shape index (κ2) is 8.52. The summed E-state index contributed by atoms with van der Waals surface area (Å²) in [6, 6.07) is 3.50. The Morgan fingerprint density at radius 3 is 2.25 bits per heavy atom. The van der Waals surface area contributed by atoms with Crippen molar-refractivity contribution in [3.05, 3.63) is 47.0 Å². The molecule has 0 aliphatic rings. The number of nitrogens with one attached hydrogen (secondary N) is 1. The van der Waals surface area contributed by atoms with Gasteiger partial charge in [-0.1, -0.05) is 23.8 Å². The lowest BCUT2D eigenvalue weighted by atomic mass is 10.1. The van der Waals surface area contributed by atoms with Crippen LogP contribution in [0.1, 0.15) is 31.4 Å². The number of benzene rings is 1. The van der Waals surface area contributed by atoms with Crippen LogP contribution in [0.2, 0.25) is 0 Å². The molecule has 7 heteroatoms. The van der Waals surface area contributed by atoms with Gasteiger partial charge in [0.1, 0.15) is 6.04 Å². The van der Waals surface area contributed by atoms with E-state index in [9.17, 15) is 22.8 Å². The molecule has 4 nitrogen and oxygen atoms in total. The minimum absolute atomic E-state index is 0.125. The van der Waals surface area contributed by atoms with Gasteiger partial charge < -0.3 is 10.1 Å². The summed E-state index contributed by atoms with van der Waals surface area (Å²) in [5, 5.41) is 2.54. The van der Waals surface area contributed by atoms with Gasteiger partial charge in [0.25, 0.3) is 0 Å². The van der Waals surface area contributed by atoms with Crippen molar-refractivity contribution in [2.24, 2.45) is 0 Å². The summed E-state index contributed by atoms with van der Waals surface area (Å²) in [5.74, 6) is -1.04. The van der Waals surface area contributed by atoms with Gasteiger partial charge in [-0.05, 0) is 38.0 Å². The number of hydrogen-bond donors (Lipinski definition) is 1. The van der Waals surface area contributed by atoms with Crippen molar-refractivity contribution < 1.29 is 27.5 Å². The number of rotatable bonds is 6. The SMILES string of the molecule is COC(=O)[C@H](CC=C(C)C)NC(=O)Cc1ccc(C(F)(F)F)cc1. The first kappa shape index (κ1) is 19.7. The van der Waals surface area contributed by atoms with Crippen molar-refractivity contribution in [3.8, 4) is 0 Å². The van der Waals surface area contributed by atoms with Crippen LogP contribution in [0.25, 0.3) is 0 Å². The summed E-state index contributed by atoms with van der Waals surface area (Å²) in [6.07, 6.45) is -2.46. The number of carbonyl (C=O) groups excluding carboxylic acids is 2. The lowest BCUT2D eigenvalue weighted by Gasteiger charge is -2.15. The normalized spacial score (nSPS) is 12.2. The number of hydrogen-bond acceptors (Lipinski definition) is 3. The van der Waals surface area contributed by atoms with E-state index in [-0.39, 0.29) is 12.8 Å². The second-order valence-corrected chi connectivity index (χ2v) is 5.53. The Bertz CT molecular complexity index is 603. The lowest BCUT2D eigenvalue weighted by molar-refractivity contribution is -0.145. The standard InChI is InChI=1S/C17H20F3NO3/c1-11(2)4-9-14(16(23)24-3)21-15(22)10-12-5-7-13(8-6-12)17(18,19)20/h4-8,14H,9-10H2,1-3H3,(H,21,22)/t14-/m0/s1. The Morgan fingerprint density at radius 1 is 1.21 bits per heavy atom. The zero-order valence-electron chi connectivity index (χ0n) is 13.7. The highest BCUT2D eigenvalue weighted by atomic mass is 19.4. The van der Waals surface area contributed by atoms with E-state index < -0.39 is 29.7 Å². The first-order valence-electron chi connectivity index (χ1n) is 7.30. The van der Waals surface area contributed by atoms with Gasteiger partial charge in [-0.2, -0.15) is 13.2 Å². The maximum absolute atomic E-state index is 12.5. The smallest absolute Gasteiger partial charge is 0.416 e. The molecule has 1 aromatic carbocycles. The van der Waals surface area contributed by atoms with Crippen LogP contribution in [-0.4, -0.2) is 25.0 Å². The van der Waals surface area contributed by atoms with Crippen LogP contribution in [0.3, 0.4) is 0 Å². The van der Waals surface area contributed by atoms with E-state index in [0.29, 0.717) is 5.56 Å². The predicted molar refractivity (Wildman–Crippen MR) is 83.1 cm³/mol. The summed E-state index contributed by atoms with van der Waals surface area (Å²) in [4.78, 5) is 23.7. The molecule has 0 heterocycles. The van der Waals surface area contributed by atoms with Crippen LogP contribution in [0.5, 0.6) is 0 Å². The maximum Gasteiger partial charge on any atom is 0.416 e. The largest absolute Gasteiger partial charge is 0.467 e. The minimum atomic E-state index is -4.42. The lowest BCUT2D eigenvalue weighted by Crippen LogP contribution is -2.41. The van der Waals surface area contributed by atoms with Gasteiger partial charge in [-0.25, -0.2) is 4.79 Å². The first-order valence-corrected chi connectivity index (χ1v) is 7.30. The molecular formula is C17H20F3NO3. The fourth-order valence-electron chi connectivity index (χ4n) is 1.95. The fourth-order valence-corrected chi connectivity index (χ4v) is 1.95. The topological polar surface area (TPSA) is 55.4 Å². The van der Waals surface area contributed by atoms with Crippen LogP contribution in [0.15, 0.2) is 35.9 Å². The Morgan fingerprint density at radius 2 is 1.79 bits per heavy atom. The van der Waals surface area contributed by atoms with E-state index in [1.165, 1.54) is 19.2 Å². The van der Waals surface area contributed by atoms with Crippen molar-refractivity contribution in [1.82, 2.24) is 5.32 Å². The van der Waals surface area contributed by atoms with E-state index >= 15 is 0 Å². The van der Waals surface area contributed by atoms with Gasteiger partial charge in [-0.15, -0.1) is 0 Å². The summed E-state index contributed by atoms with van der Waals surface area (Å²) >= 11 is 0. The molecule has 0 saturated carbocycles. The number of allylic oxidation sites excluding steroid dienone is 1. The quantitative estimate of drug-likeness (QED) is 0.637. The zero-order chi connectivity index (χ0) is 18.3. The second-order valence-electron chi connectivity index (χ2n) is 5.53. The molecule has 0 aromatic heterocycles. The molecule has 0 spiro atoms. The van der Waals surface area contributed by atoms with Crippen molar-refractivity contribution in [2.45, 2.75) is 38.9 Å². The van der Waals surface area contributed by atoms with Gasteiger partial charge in [0.2, 0.25) is 5.91 Å². The van der Waals surface area contributed by atoms with Crippen molar-refractivity contribution in [1.29, 1.82) is 0 Å². The monoisotopic (exact) mass is 343 g/mol. The van der Waals surface area contributed by atoms with Crippen LogP contribution >= 0.6 is 0 Å². The molecule has 1 rings (SSSR count). The van der Waals surface area contributed by atoms with E-state index in [1.54, 1.807) is 6.08 Å². The molecule has 1 atom stereocenters. The van der Waals surface area contributed by atoms with Gasteiger partial charge in [0, 0.05) is 0 Å². The van der Waals surface area contributed by atoms with Crippen LogP contribution in [0, 0.1) is 0 Å². The summed E-state index contributed by atoms with van der Waals surface area (Å²) < 4.78 is 42.1. The van der Waals surface area contributed by atoms with Crippen molar-refractivity contribution in [3.63, 3.8) is 0 Å². The van der Waals surface area contributed by atoms with Gasteiger partial charge >= 0.3 is 12.1 Å². The number of amides is 1. The Hall–Kier alpha value is -2.31. The van der Waals surface area contributed by atoms with E-state index in [4.69, 9.17) is 0 Å². The molecule has 0 fully saturated rings. The summed E-state index contributed by atoms with van der Waals surface area (Å²) in [5.41, 5.74) is 0.634. The first-order chi connectivity index (χ1) is 11.1. The predicted octanol–water partition coefficient (Wildman–Crippen LogP) is 3.26. The molecule has 0 unspecified atom stereocenters. The third-order valence-electron chi connectivity index (χ3n) is 3.23. The summed E-state index contributed by atoms with van der Waals surface area (Å²) in [7, 11) is 1.22. The number of carbonyl (C=O) groups is 2. The highest BCUT2D eigenvalue weighted by Crippen LogP contribution is 2.29. The number of esters is 1. The number of alkyl halides is 3. The van der Waals surface area contributed by atoms with Crippen molar-refractivity contribution in [2.75, 3.05) is 7.11 Å². The molecule has 0 aliphatic carbocycles. The number of methoxy groups -OCH3 is 1. The van der Waals surface area contributed by atoms with Crippen LogP contribution < -0.4 is 5.32 Å². The molecular weight excluding hydrogens is 323 g/mol. The zero-order valence-corrected chi connectivity index (χ0v) is 13.7. The molecule has 24 heavy (non-hydrogen) atoms. The fraction of sp³-hybridized carbons (Fsp3) is 0.412. The molecule has 1 N–H and O–H groups in total. The highest BCUT2D eigenvalue weighted by molar-refractivity contribution is 5.85. The van der Waals surface area contributed by atoms with E-state index in [1.807, 2.05) is 13.8 Å². The Labute approximate surface area is 138 Å².